The van der Waals surface area contributed by atoms with Crippen molar-refractivity contribution in [1.29, 1.82) is 0 Å². The third-order valence-electron chi connectivity index (χ3n) is 4.63. The van der Waals surface area contributed by atoms with Crippen molar-refractivity contribution in [2.45, 2.75) is 32.0 Å². The molecule has 3 fully saturated rings. The van der Waals surface area contributed by atoms with E-state index in [2.05, 4.69) is 19.9 Å². The number of hydrogen-bond acceptors (Lipinski definition) is 7. The van der Waals surface area contributed by atoms with Crippen LogP contribution in [-0.4, -0.2) is 73.0 Å². The van der Waals surface area contributed by atoms with Gasteiger partial charge >= 0.3 is 0 Å². The highest BCUT2D eigenvalue weighted by atomic mass is 16.5. The molecule has 22 heavy (non-hydrogen) atoms. The lowest BCUT2D eigenvalue weighted by molar-refractivity contribution is 0.0864. The van der Waals surface area contributed by atoms with Crippen LogP contribution in [0.3, 0.4) is 0 Å². The molecule has 0 aliphatic carbocycles. The fraction of sp³-hybridized carbons (Fsp3) is 0.867. The van der Waals surface area contributed by atoms with Crippen molar-refractivity contribution in [1.82, 2.24) is 19.9 Å². The van der Waals surface area contributed by atoms with Gasteiger partial charge in [-0.15, -0.1) is 0 Å². The second-order valence-corrected chi connectivity index (χ2v) is 6.32. The summed E-state index contributed by atoms with van der Waals surface area (Å²) in [4.78, 5) is 9.43. The lowest BCUT2D eigenvalue weighted by Crippen LogP contribution is -2.45. The molecule has 0 amide bonds. The van der Waals surface area contributed by atoms with Gasteiger partial charge in [0.05, 0.1) is 13.2 Å². The molecule has 3 aliphatic rings. The predicted octanol–water partition coefficient (Wildman–Crippen LogP) is 0.759. The van der Waals surface area contributed by atoms with Gasteiger partial charge in [0.15, 0.2) is 5.82 Å². The molecule has 0 N–H and O–H groups in total. The lowest BCUT2D eigenvalue weighted by atomic mass is 9.95. The van der Waals surface area contributed by atoms with E-state index in [4.69, 9.17) is 14.0 Å². The van der Waals surface area contributed by atoms with Gasteiger partial charge in [0.25, 0.3) is 0 Å². The highest BCUT2D eigenvalue weighted by Crippen LogP contribution is 2.28. The molecule has 0 radical (unpaired) electrons. The third-order valence-corrected chi connectivity index (χ3v) is 4.63. The second-order valence-electron chi connectivity index (χ2n) is 6.32. The highest BCUT2D eigenvalue weighted by molar-refractivity contribution is 4.92. The maximum Gasteiger partial charge on any atom is 0.240 e. The number of piperidine rings is 1. The summed E-state index contributed by atoms with van der Waals surface area (Å²) in [7, 11) is 3.41. The van der Waals surface area contributed by atoms with Crippen molar-refractivity contribution in [2.24, 2.45) is 5.92 Å². The van der Waals surface area contributed by atoms with Gasteiger partial charge in [-0.3, -0.25) is 9.80 Å². The smallest absolute Gasteiger partial charge is 0.240 e. The van der Waals surface area contributed by atoms with E-state index >= 15 is 0 Å². The zero-order valence-electron chi connectivity index (χ0n) is 13.5. The largest absolute Gasteiger partial charge is 0.383 e. The Kier molecular flexibility index (Phi) is 5.41. The predicted molar refractivity (Wildman–Crippen MR) is 80.2 cm³/mol. The van der Waals surface area contributed by atoms with Crippen LogP contribution in [-0.2, 0) is 22.6 Å². The number of hydrogen-bond donors (Lipinski definition) is 0. The Morgan fingerprint density at radius 1 is 1.18 bits per heavy atom. The molecule has 1 aromatic rings. The molecule has 2 bridgehead atoms. The second kappa shape index (κ2) is 7.50. The number of nitrogens with zero attached hydrogens (tertiary/aromatic N) is 4. The zero-order chi connectivity index (χ0) is 15.4. The Morgan fingerprint density at radius 2 is 2.09 bits per heavy atom. The summed E-state index contributed by atoms with van der Waals surface area (Å²) in [5, 5.41) is 3.94. The number of ether oxygens (including phenoxy) is 2. The van der Waals surface area contributed by atoms with Crippen molar-refractivity contribution in [3.05, 3.63) is 11.7 Å². The van der Waals surface area contributed by atoms with Crippen LogP contribution < -0.4 is 0 Å². The maximum absolute atomic E-state index is 5.33. The minimum Gasteiger partial charge on any atom is -0.383 e. The topological polar surface area (TPSA) is 63.9 Å². The average Bonchev–Trinajstić information content (AvgIpc) is 2.77. The van der Waals surface area contributed by atoms with Crippen LogP contribution in [0.15, 0.2) is 4.52 Å². The summed E-state index contributed by atoms with van der Waals surface area (Å²) in [6, 6.07) is 0.621. The molecule has 1 aromatic heterocycles. The van der Waals surface area contributed by atoms with E-state index in [1.807, 2.05) is 0 Å². The molecule has 3 saturated heterocycles. The number of rotatable bonds is 7. The van der Waals surface area contributed by atoms with Gasteiger partial charge < -0.3 is 14.0 Å². The fourth-order valence-electron chi connectivity index (χ4n) is 3.62. The molecule has 124 valence electrons. The first kappa shape index (κ1) is 15.9. The summed E-state index contributed by atoms with van der Waals surface area (Å²) in [6.07, 6.45) is 2.60. The van der Waals surface area contributed by atoms with Gasteiger partial charge in [0.2, 0.25) is 5.89 Å². The molecule has 0 unspecified atom stereocenters. The van der Waals surface area contributed by atoms with Crippen molar-refractivity contribution >= 4 is 0 Å². The number of methoxy groups -OCH3 is 2. The Morgan fingerprint density at radius 3 is 2.91 bits per heavy atom. The van der Waals surface area contributed by atoms with E-state index in [9.17, 15) is 0 Å². The Labute approximate surface area is 131 Å². The van der Waals surface area contributed by atoms with E-state index in [1.54, 1.807) is 14.2 Å². The normalized spacial score (nSPS) is 26.5. The Hall–Kier alpha value is -1.02. The van der Waals surface area contributed by atoms with E-state index < -0.39 is 0 Å². The van der Waals surface area contributed by atoms with Crippen LogP contribution in [0.2, 0.25) is 0 Å². The minimum absolute atomic E-state index is 0.402. The van der Waals surface area contributed by atoms with Gasteiger partial charge in [0.1, 0.15) is 6.61 Å². The molecule has 4 rings (SSSR count). The van der Waals surface area contributed by atoms with Crippen molar-refractivity contribution < 1.29 is 14.0 Å². The summed E-state index contributed by atoms with van der Waals surface area (Å²) >= 11 is 0. The average molecular weight is 310 g/mol. The zero-order valence-corrected chi connectivity index (χ0v) is 13.5. The van der Waals surface area contributed by atoms with Crippen LogP contribution in [0.5, 0.6) is 0 Å². The Balaban J connectivity index is 1.58. The molecule has 7 nitrogen and oxygen atoms in total. The van der Waals surface area contributed by atoms with Crippen LogP contribution in [0.4, 0.5) is 0 Å². The first-order valence-electron chi connectivity index (χ1n) is 8.04. The first-order valence-corrected chi connectivity index (χ1v) is 8.04. The molecule has 2 atom stereocenters. The molecule has 0 spiro atoms. The number of aromatic nitrogens is 2. The molecule has 7 heteroatoms. The molecule has 0 saturated carbocycles. The van der Waals surface area contributed by atoms with E-state index in [1.165, 1.54) is 19.4 Å². The summed E-state index contributed by atoms with van der Waals surface area (Å²) in [5.74, 6) is 2.05. The highest BCUT2D eigenvalue weighted by Gasteiger charge is 2.34. The first-order chi connectivity index (χ1) is 10.8. The van der Waals surface area contributed by atoms with E-state index in [-0.39, 0.29) is 0 Å². The van der Waals surface area contributed by atoms with Crippen LogP contribution in [0.1, 0.15) is 24.6 Å². The lowest BCUT2D eigenvalue weighted by Gasteiger charge is -2.35. The minimum atomic E-state index is 0.402. The van der Waals surface area contributed by atoms with Crippen LogP contribution in [0.25, 0.3) is 0 Å². The summed E-state index contributed by atoms with van der Waals surface area (Å²) in [5.41, 5.74) is 0. The number of fused-ring (bicyclic) bond motifs is 4. The van der Waals surface area contributed by atoms with E-state index in [0.717, 1.165) is 38.7 Å². The van der Waals surface area contributed by atoms with Crippen LogP contribution in [0, 0.1) is 5.92 Å². The van der Waals surface area contributed by atoms with E-state index in [0.29, 0.717) is 24.4 Å². The Bertz CT molecular complexity index is 467. The molecule has 0 aromatic carbocycles. The molecule has 3 aliphatic heterocycles. The van der Waals surface area contributed by atoms with Gasteiger partial charge in [0, 0.05) is 46.4 Å². The molecular weight excluding hydrogens is 284 g/mol. The summed E-state index contributed by atoms with van der Waals surface area (Å²) < 4.78 is 15.6. The SMILES string of the molecule is COCCN1C[C@H]2CC[C@@H]1CN(Cc1nc(COC)no1)C2. The van der Waals surface area contributed by atoms with Crippen molar-refractivity contribution in [3.8, 4) is 0 Å². The maximum atomic E-state index is 5.33. The van der Waals surface area contributed by atoms with Gasteiger partial charge in [-0.25, -0.2) is 0 Å². The monoisotopic (exact) mass is 310 g/mol. The van der Waals surface area contributed by atoms with Crippen molar-refractivity contribution in [3.63, 3.8) is 0 Å². The van der Waals surface area contributed by atoms with Crippen molar-refractivity contribution in [2.75, 3.05) is 47.0 Å². The molecule has 4 heterocycles. The summed E-state index contributed by atoms with van der Waals surface area (Å²) in [6.45, 7) is 6.35. The van der Waals surface area contributed by atoms with Crippen LogP contribution >= 0.6 is 0 Å². The van der Waals surface area contributed by atoms with Gasteiger partial charge in [-0.2, -0.15) is 4.98 Å². The van der Waals surface area contributed by atoms with Gasteiger partial charge in [-0.05, 0) is 18.8 Å². The molecular formula is C15H26N4O3. The quantitative estimate of drug-likeness (QED) is 0.736. The fourth-order valence-corrected chi connectivity index (χ4v) is 3.62. The standard InChI is InChI=1S/C15H26N4O3/c1-20-6-5-19-8-12-3-4-13(19)9-18(7-12)10-15-16-14(11-21-2)17-22-15/h12-13H,3-11H2,1-2H3/t12-,13+/m0/s1. The van der Waals surface area contributed by atoms with Gasteiger partial charge in [-0.1, -0.05) is 5.16 Å². The third kappa shape index (κ3) is 3.84.